The second kappa shape index (κ2) is 8.42. The predicted octanol–water partition coefficient (Wildman–Crippen LogP) is 5.86. The topological polar surface area (TPSA) is 55.5 Å². The van der Waals surface area contributed by atoms with E-state index < -0.39 is 11.2 Å². The monoisotopic (exact) mass is 449 g/mol. The van der Waals surface area contributed by atoms with Gasteiger partial charge in [-0.25, -0.2) is 4.98 Å². The number of hydrogen-bond acceptors (Lipinski definition) is 4. The first kappa shape index (κ1) is 22.4. The van der Waals surface area contributed by atoms with Gasteiger partial charge in [0, 0.05) is 10.9 Å². The van der Waals surface area contributed by atoms with Gasteiger partial charge in [-0.1, -0.05) is 72.2 Å². The molecular weight excluding hydrogens is 421 g/mol. The number of benzene rings is 4. The molecule has 0 saturated carbocycles. The van der Waals surface area contributed by atoms with Gasteiger partial charge < -0.3 is 14.2 Å². The lowest BCUT2D eigenvalue weighted by molar-refractivity contribution is -0.0893. The molecule has 0 unspecified atom stereocenters. The van der Waals surface area contributed by atoms with Gasteiger partial charge in [0.2, 0.25) is 5.89 Å². The van der Waals surface area contributed by atoms with E-state index in [0.717, 1.165) is 44.0 Å². The Morgan fingerprint density at radius 3 is 2.29 bits per heavy atom. The van der Waals surface area contributed by atoms with Crippen molar-refractivity contribution in [1.82, 2.24) is 4.98 Å². The molecule has 170 valence electrons. The minimum absolute atomic E-state index is 0.419. The fourth-order valence-corrected chi connectivity index (χ4v) is 3.89. The van der Waals surface area contributed by atoms with Crippen molar-refractivity contribution in [3.05, 3.63) is 84.9 Å². The quantitative estimate of drug-likeness (QED) is 0.330. The highest BCUT2D eigenvalue weighted by atomic mass is 16.5. The van der Waals surface area contributed by atoms with Crippen molar-refractivity contribution in [2.75, 3.05) is 0 Å². The lowest BCUT2D eigenvalue weighted by Crippen LogP contribution is -2.49. The Labute approximate surface area is 200 Å². The Bertz CT molecular complexity index is 1480. The van der Waals surface area contributed by atoms with Crippen LogP contribution in [0.3, 0.4) is 0 Å². The molecule has 0 amide bonds. The van der Waals surface area contributed by atoms with Crippen molar-refractivity contribution in [3.8, 4) is 22.6 Å². The molecule has 5 rings (SSSR count). The van der Waals surface area contributed by atoms with Gasteiger partial charge in [0.25, 0.3) is 0 Å². The van der Waals surface area contributed by atoms with E-state index in [4.69, 9.17) is 14.1 Å². The van der Waals surface area contributed by atoms with Crippen molar-refractivity contribution < 1.29 is 14.2 Å². The Morgan fingerprint density at radius 2 is 1.50 bits per heavy atom. The highest BCUT2D eigenvalue weighted by molar-refractivity contribution is 6.47. The van der Waals surface area contributed by atoms with Crippen LogP contribution in [0.2, 0.25) is 0 Å². The summed E-state index contributed by atoms with van der Waals surface area (Å²) in [5.74, 6) is 0.611. The van der Waals surface area contributed by atoms with Crippen molar-refractivity contribution in [1.29, 1.82) is 0 Å². The van der Waals surface area contributed by atoms with E-state index in [1.54, 1.807) is 13.8 Å². The van der Waals surface area contributed by atoms with E-state index in [9.17, 15) is 5.11 Å². The summed E-state index contributed by atoms with van der Waals surface area (Å²) in [5, 5.41) is 12.6. The Balaban J connectivity index is 1.45. The molecule has 0 aliphatic rings. The molecule has 0 aliphatic heterocycles. The van der Waals surface area contributed by atoms with Crippen LogP contribution in [0.15, 0.2) is 89.3 Å². The molecule has 4 aromatic carbocycles. The highest BCUT2D eigenvalue weighted by Crippen LogP contribution is 2.32. The lowest BCUT2D eigenvalue weighted by atomic mass is 9.81. The Hall–Kier alpha value is -3.41. The number of hydrogen-bond donors (Lipinski definition) is 1. The Kier molecular flexibility index (Phi) is 5.55. The SMILES string of the molecule is CC(C)(O)C(C)(C)OBc1cccc(-c2cccc(-c3nc4ccc5ccccc5c4o3)c2)c1. The molecule has 1 N–H and O–H groups in total. The first-order valence-corrected chi connectivity index (χ1v) is 11.6. The molecule has 5 aromatic rings. The number of fused-ring (bicyclic) bond motifs is 3. The van der Waals surface area contributed by atoms with Gasteiger partial charge in [-0.05, 0) is 62.4 Å². The minimum atomic E-state index is -0.941. The third-order valence-corrected chi connectivity index (χ3v) is 6.72. The highest BCUT2D eigenvalue weighted by Gasteiger charge is 2.35. The van der Waals surface area contributed by atoms with Gasteiger partial charge in [0.15, 0.2) is 5.58 Å². The fraction of sp³-hybridized carbons (Fsp3) is 0.207. The van der Waals surface area contributed by atoms with Crippen LogP contribution in [0.5, 0.6) is 0 Å². The smallest absolute Gasteiger partial charge is 0.309 e. The summed E-state index contributed by atoms with van der Waals surface area (Å²) >= 11 is 0. The van der Waals surface area contributed by atoms with Crippen LogP contribution >= 0.6 is 0 Å². The maximum atomic E-state index is 10.4. The van der Waals surface area contributed by atoms with Crippen LogP contribution in [0.25, 0.3) is 44.5 Å². The second-order valence-corrected chi connectivity index (χ2v) is 9.79. The number of aromatic nitrogens is 1. The standard InChI is InChI=1S/C29H28BNO3/c1-28(2,32)29(3,4)34-30-23-13-8-11-21(18-23)20-10-7-12-22(17-20)27-31-25-16-15-19-9-5-6-14-24(19)26(25)33-27/h5-18,30,32H,1-4H3. The molecule has 0 saturated heterocycles. The van der Waals surface area contributed by atoms with Crippen LogP contribution < -0.4 is 5.46 Å². The number of oxazole rings is 1. The van der Waals surface area contributed by atoms with E-state index in [1.807, 2.05) is 56.3 Å². The third-order valence-electron chi connectivity index (χ3n) is 6.72. The largest absolute Gasteiger partial charge is 0.435 e. The minimum Gasteiger partial charge on any atom is -0.435 e. The van der Waals surface area contributed by atoms with Crippen molar-refractivity contribution in [2.45, 2.75) is 38.9 Å². The van der Waals surface area contributed by atoms with Crippen LogP contribution in [-0.2, 0) is 4.65 Å². The van der Waals surface area contributed by atoms with Gasteiger partial charge >= 0.3 is 7.48 Å². The second-order valence-electron chi connectivity index (χ2n) is 9.79. The predicted molar refractivity (Wildman–Crippen MR) is 141 cm³/mol. The van der Waals surface area contributed by atoms with Crippen molar-refractivity contribution in [3.63, 3.8) is 0 Å². The summed E-state index contributed by atoms with van der Waals surface area (Å²) in [5.41, 5.74) is 4.21. The molecule has 0 atom stereocenters. The van der Waals surface area contributed by atoms with E-state index in [2.05, 4.69) is 42.5 Å². The van der Waals surface area contributed by atoms with Crippen LogP contribution in [-0.4, -0.2) is 28.8 Å². The zero-order chi connectivity index (χ0) is 23.9. The molecule has 1 aromatic heterocycles. The lowest BCUT2D eigenvalue weighted by Gasteiger charge is -2.37. The molecule has 0 radical (unpaired) electrons. The Morgan fingerprint density at radius 1 is 0.794 bits per heavy atom. The number of nitrogens with zero attached hydrogens (tertiary/aromatic N) is 1. The summed E-state index contributed by atoms with van der Waals surface area (Å²) in [7, 11) is 0.419. The van der Waals surface area contributed by atoms with Crippen LogP contribution in [0.4, 0.5) is 0 Å². The zero-order valence-electron chi connectivity index (χ0n) is 20.0. The number of aliphatic hydroxyl groups is 1. The summed E-state index contributed by atoms with van der Waals surface area (Å²) in [6.45, 7) is 7.35. The molecular formula is C29H28BNO3. The van der Waals surface area contributed by atoms with E-state index in [-0.39, 0.29) is 0 Å². The summed E-state index contributed by atoms with van der Waals surface area (Å²) in [4.78, 5) is 4.75. The molecule has 1 heterocycles. The molecule has 4 nitrogen and oxygen atoms in total. The molecule has 0 fully saturated rings. The van der Waals surface area contributed by atoms with E-state index in [1.165, 1.54) is 0 Å². The third kappa shape index (κ3) is 4.25. The van der Waals surface area contributed by atoms with Crippen molar-refractivity contribution >= 4 is 34.8 Å². The van der Waals surface area contributed by atoms with Gasteiger partial charge in [0.1, 0.15) is 5.52 Å². The molecule has 5 heteroatoms. The molecule has 0 bridgehead atoms. The average Bonchev–Trinajstić information content (AvgIpc) is 3.28. The summed E-state index contributed by atoms with van der Waals surface area (Å²) < 4.78 is 12.3. The first-order chi connectivity index (χ1) is 16.2. The molecule has 0 aliphatic carbocycles. The van der Waals surface area contributed by atoms with Crippen LogP contribution in [0.1, 0.15) is 27.7 Å². The van der Waals surface area contributed by atoms with Crippen LogP contribution in [0, 0.1) is 0 Å². The van der Waals surface area contributed by atoms with E-state index >= 15 is 0 Å². The van der Waals surface area contributed by atoms with Gasteiger partial charge in [0.05, 0.1) is 11.2 Å². The fourth-order valence-electron chi connectivity index (χ4n) is 3.89. The maximum absolute atomic E-state index is 10.4. The zero-order valence-corrected chi connectivity index (χ0v) is 20.0. The summed E-state index contributed by atoms with van der Waals surface area (Å²) in [6.07, 6.45) is 0. The summed E-state index contributed by atoms with van der Waals surface area (Å²) in [6, 6.07) is 28.8. The average molecular weight is 449 g/mol. The van der Waals surface area contributed by atoms with Crippen molar-refractivity contribution in [2.24, 2.45) is 0 Å². The normalized spacial score (nSPS) is 12.4. The molecule has 34 heavy (non-hydrogen) atoms. The van der Waals surface area contributed by atoms with Gasteiger partial charge in [-0.3, -0.25) is 0 Å². The first-order valence-electron chi connectivity index (χ1n) is 11.6. The van der Waals surface area contributed by atoms with E-state index in [0.29, 0.717) is 13.4 Å². The van der Waals surface area contributed by atoms with Gasteiger partial charge in [-0.15, -0.1) is 0 Å². The van der Waals surface area contributed by atoms with Gasteiger partial charge in [-0.2, -0.15) is 0 Å². The maximum Gasteiger partial charge on any atom is 0.309 e. The number of rotatable bonds is 6. The molecule has 0 spiro atoms.